The molecule has 0 radical (unpaired) electrons. The van der Waals surface area contributed by atoms with Crippen molar-refractivity contribution in [3.8, 4) is 0 Å². The van der Waals surface area contributed by atoms with Crippen molar-refractivity contribution in [1.82, 2.24) is 14.9 Å². The van der Waals surface area contributed by atoms with E-state index in [1.54, 1.807) is 18.5 Å². The maximum absolute atomic E-state index is 13.2. The summed E-state index contributed by atoms with van der Waals surface area (Å²) in [5.41, 5.74) is 2.69. The standard InChI is InChI=1S/C22H22N4O/c1-22(2)15-26(19(22)16-8-4-3-5-9-16)20(27)17-10-6-11-18(14-17)25-21-23-12-7-13-24-21/h3-14,19H,15H2,1-2H3,(H,23,24,25). The Morgan fingerprint density at radius 1 is 1.04 bits per heavy atom. The average Bonchev–Trinajstić information content (AvgIpc) is 2.68. The first-order valence-corrected chi connectivity index (χ1v) is 9.05. The molecule has 1 unspecified atom stereocenters. The molecular formula is C22H22N4O. The van der Waals surface area contributed by atoms with E-state index in [0.29, 0.717) is 11.5 Å². The second-order valence-corrected chi connectivity index (χ2v) is 7.51. The van der Waals surface area contributed by atoms with Crippen LogP contribution in [0.5, 0.6) is 0 Å². The Morgan fingerprint density at radius 2 is 1.78 bits per heavy atom. The summed E-state index contributed by atoms with van der Waals surface area (Å²) in [4.78, 5) is 23.5. The van der Waals surface area contributed by atoms with Gasteiger partial charge in [0.2, 0.25) is 5.95 Å². The first kappa shape index (κ1) is 17.2. The summed E-state index contributed by atoms with van der Waals surface area (Å²) in [5, 5.41) is 3.14. The van der Waals surface area contributed by atoms with Gasteiger partial charge in [0, 0.05) is 35.6 Å². The van der Waals surface area contributed by atoms with Crippen LogP contribution in [0.15, 0.2) is 73.1 Å². The number of nitrogens with one attached hydrogen (secondary N) is 1. The lowest BCUT2D eigenvalue weighted by Crippen LogP contribution is -2.57. The molecule has 1 atom stereocenters. The lowest BCUT2D eigenvalue weighted by atomic mass is 9.71. The van der Waals surface area contributed by atoms with Gasteiger partial charge in [0.15, 0.2) is 0 Å². The Bertz CT molecular complexity index is 941. The van der Waals surface area contributed by atoms with E-state index in [0.717, 1.165) is 12.2 Å². The number of benzene rings is 2. The summed E-state index contributed by atoms with van der Waals surface area (Å²) in [6.07, 6.45) is 3.36. The average molecular weight is 358 g/mol. The minimum atomic E-state index is 0.0424. The molecule has 1 aromatic heterocycles. The van der Waals surface area contributed by atoms with E-state index in [9.17, 15) is 4.79 Å². The van der Waals surface area contributed by atoms with Crippen molar-refractivity contribution in [2.45, 2.75) is 19.9 Å². The van der Waals surface area contributed by atoms with Crippen molar-refractivity contribution in [1.29, 1.82) is 0 Å². The van der Waals surface area contributed by atoms with Gasteiger partial charge in [-0.05, 0) is 29.8 Å². The maximum Gasteiger partial charge on any atom is 0.254 e. The predicted octanol–water partition coefficient (Wildman–Crippen LogP) is 4.44. The van der Waals surface area contributed by atoms with Crippen LogP contribution in [0.3, 0.4) is 0 Å². The smallest absolute Gasteiger partial charge is 0.254 e. The van der Waals surface area contributed by atoms with Crippen molar-refractivity contribution in [3.05, 3.63) is 84.2 Å². The van der Waals surface area contributed by atoms with Crippen LogP contribution in [-0.4, -0.2) is 27.3 Å². The third kappa shape index (κ3) is 3.40. The van der Waals surface area contributed by atoms with Gasteiger partial charge < -0.3 is 10.2 Å². The largest absolute Gasteiger partial charge is 0.330 e. The molecule has 1 aliphatic rings. The molecular weight excluding hydrogens is 336 g/mol. The topological polar surface area (TPSA) is 58.1 Å². The quantitative estimate of drug-likeness (QED) is 0.749. The van der Waals surface area contributed by atoms with Crippen LogP contribution in [0.2, 0.25) is 0 Å². The van der Waals surface area contributed by atoms with Crippen LogP contribution >= 0.6 is 0 Å². The molecule has 136 valence electrons. The Balaban J connectivity index is 1.57. The first-order chi connectivity index (χ1) is 13.0. The predicted molar refractivity (Wildman–Crippen MR) is 106 cm³/mol. The molecule has 1 fully saturated rings. The molecule has 4 rings (SSSR count). The van der Waals surface area contributed by atoms with Crippen LogP contribution < -0.4 is 5.32 Å². The second-order valence-electron chi connectivity index (χ2n) is 7.51. The summed E-state index contributed by atoms with van der Waals surface area (Å²) >= 11 is 0. The molecule has 1 saturated heterocycles. The SMILES string of the molecule is CC1(C)CN(C(=O)c2cccc(Nc3ncccn3)c2)C1c1ccccc1. The number of hydrogen-bond acceptors (Lipinski definition) is 4. The molecule has 0 aliphatic carbocycles. The van der Waals surface area contributed by atoms with E-state index in [2.05, 4.69) is 41.3 Å². The zero-order valence-electron chi connectivity index (χ0n) is 15.5. The van der Waals surface area contributed by atoms with Crippen molar-refractivity contribution >= 4 is 17.5 Å². The molecule has 0 bridgehead atoms. The summed E-state index contributed by atoms with van der Waals surface area (Å²) in [6.45, 7) is 5.16. The van der Waals surface area contributed by atoms with Crippen LogP contribution in [0.4, 0.5) is 11.6 Å². The monoisotopic (exact) mass is 358 g/mol. The minimum absolute atomic E-state index is 0.0424. The van der Waals surface area contributed by atoms with Gasteiger partial charge in [-0.15, -0.1) is 0 Å². The van der Waals surface area contributed by atoms with E-state index in [1.165, 1.54) is 5.56 Å². The summed E-state index contributed by atoms with van der Waals surface area (Å²) < 4.78 is 0. The molecule has 3 aromatic rings. The van der Waals surface area contributed by atoms with Gasteiger partial charge in [-0.1, -0.05) is 50.2 Å². The number of rotatable bonds is 4. The third-order valence-electron chi connectivity index (χ3n) is 4.94. The van der Waals surface area contributed by atoms with Gasteiger partial charge in [-0.3, -0.25) is 4.79 Å². The highest BCUT2D eigenvalue weighted by atomic mass is 16.2. The fourth-order valence-corrected chi connectivity index (χ4v) is 3.77. The van der Waals surface area contributed by atoms with Crippen LogP contribution in [0.1, 0.15) is 35.8 Å². The molecule has 2 aromatic carbocycles. The van der Waals surface area contributed by atoms with Crippen LogP contribution in [0, 0.1) is 5.41 Å². The minimum Gasteiger partial charge on any atom is -0.330 e. The van der Waals surface area contributed by atoms with Gasteiger partial charge in [0.25, 0.3) is 5.91 Å². The Morgan fingerprint density at radius 3 is 2.48 bits per heavy atom. The number of nitrogens with zero attached hydrogens (tertiary/aromatic N) is 3. The molecule has 5 heteroatoms. The molecule has 1 aliphatic heterocycles. The lowest BCUT2D eigenvalue weighted by Gasteiger charge is -2.54. The molecule has 5 nitrogen and oxygen atoms in total. The second kappa shape index (κ2) is 6.83. The van der Waals surface area contributed by atoms with Gasteiger partial charge in [0.05, 0.1) is 6.04 Å². The van der Waals surface area contributed by atoms with Gasteiger partial charge in [-0.2, -0.15) is 0 Å². The highest BCUT2D eigenvalue weighted by molar-refractivity contribution is 5.96. The maximum atomic E-state index is 13.2. The highest BCUT2D eigenvalue weighted by Gasteiger charge is 2.48. The van der Waals surface area contributed by atoms with Crippen molar-refractivity contribution in [2.75, 3.05) is 11.9 Å². The number of carbonyl (C=O) groups excluding carboxylic acids is 1. The summed E-state index contributed by atoms with van der Waals surface area (Å²) in [5.74, 6) is 0.551. The van der Waals surface area contributed by atoms with Crippen molar-refractivity contribution in [3.63, 3.8) is 0 Å². The number of anilines is 2. The van der Waals surface area contributed by atoms with Crippen LogP contribution in [-0.2, 0) is 0 Å². The van der Waals surface area contributed by atoms with Gasteiger partial charge >= 0.3 is 0 Å². The normalized spacial score (nSPS) is 17.9. The van der Waals surface area contributed by atoms with E-state index < -0.39 is 0 Å². The Kier molecular flexibility index (Phi) is 4.36. The molecule has 2 heterocycles. The Hall–Kier alpha value is -3.21. The highest BCUT2D eigenvalue weighted by Crippen LogP contribution is 2.48. The number of likely N-dealkylation sites (tertiary alicyclic amines) is 1. The number of hydrogen-bond donors (Lipinski definition) is 1. The molecule has 0 saturated carbocycles. The first-order valence-electron chi connectivity index (χ1n) is 9.05. The fraction of sp³-hybridized carbons (Fsp3) is 0.227. The van der Waals surface area contributed by atoms with Crippen molar-refractivity contribution < 1.29 is 4.79 Å². The summed E-state index contributed by atoms with van der Waals surface area (Å²) in [6, 6.07) is 19.6. The van der Waals surface area contributed by atoms with Crippen LogP contribution in [0.25, 0.3) is 0 Å². The number of carbonyl (C=O) groups is 1. The van der Waals surface area contributed by atoms with E-state index in [4.69, 9.17) is 0 Å². The fourth-order valence-electron chi connectivity index (χ4n) is 3.77. The zero-order chi connectivity index (χ0) is 18.9. The molecule has 1 amide bonds. The number of amides is 1. The molecule has 0 spiro atoms. The zero-order valence-corrected chi connectivity index (χ0v) is 15.5. The molecule has 27 heavy (non-hydrogen) atoms. The van der Waals surface area contributed by atoms with E-state index >= 15 is 0 Å². The third-order valence-corrected chi connectivity index (χ3v) is 4.94. The van der Waals surface area contributed by atoms with Crippen molar-refractivity contribution in [2.24, 2.45) is 5.41 Å². The molecule has 1 N–H and O–H groups in total. The summed E-state index contributed by atoms with van der Waals surface area (Å²) in [7, 11) is 0. The number of aromatic nitrogens is 2. The van der Waals surface area contributed by atoms with Gasteiger partial charge in [-0.25, -0.2) is 9.97 Å². The van der Waals surface area contributed by atoms with Gasteiger partial charge in [0.1, 0.15) is 0 Å². The Labute approximate surface area is 159 Å². The van der Waals surface area contributed by atoms with E-state index in [1.807, 2.05) is 47.4 Å². The van der Waals surface area contributed by atoms with E-state index in [-0.39, 0.29) is 17.4 Å². The lowest BCUT2D eigenvalue weighted by molar-refractivity contribution is -0.0322.